The minimum atomic E-state index is -0.655. The van der Waals surface area contributed by atoms with E-state index < -0.39 is 6.10 Å². The molecule has 0 aliphatic rings. The van der Waals surface area contributed by atoms with E-state index in [0.29, 0.717) is 0 Å². The van der Waals surface area contributed by atoms with Crippen LogP contribution in [0.3, 0.4) is 0 Å². The monoisotopic (exact) mass is 323 g/mol. The summed E-state index contributed by atoms with van der Waals surface area (Å²) in [6.07, 6.45) is 1.18. The summed E-state index contributed by atoms with van der Waals surface area (Å²) in [5, 5.41) is 19.0. The van der Waals surface area contributed by atoms with Gasteiger partial charge in [-0.3, -0.25) is 0 Å². The van der Waals surface area contributed by atoms with E-state index in [1.54, 1.807) is 11.8 Å². The molecule has 5 nitrogen and oxygen atoms in total. The molecule has 0 saturated carbocycles. The lowest BCUT2D eigenvalue weighted by Gasteiger charge is -2.19. The topological polar surface area (TPSA) is 60.2 Å². The van der Waals surface area contributed by atoms with Gasteiger partial charge < -0.3 is 9.84 Å². The Labute approximate surface area is 141 Å². The van der Waals surface area contributed by atoms with Crippen LogP contribution in [-0.2, 0) is 0 Å². The summed E-state index contributed by atoms with van der Waals surface area (Å²) >= 11 is 0. The molecule has 5 heteroatoms. The van der Waals surface area contributed by atoms with Crippen LogP contribution in [0.2, 0.25) is 0 Å². The summed E-state index contributed by atoms with van der Waals surface area (Å²) < 4.78 is 7.06. The van der Waals surface area contributed by atoms with Gasteiger partial charge >= 0.3 is 0 Å². The molecular formula is C19H21N3O2. The molecule has 2 atom stereocenters. The van der Waals surface area contributed by atoms with Crippen molar-refractivity contribution in [3.63, 3.8) is 0 Å². The van der Waals surface area contributed by atoms with E-state index in [9.17, 15) is 5.11 Å². The van der Waals surface area contributed by atoms with E-state index in [1.165, 1.54) is 0 Å². The van der Waals surface area contributed by atoms with Crippen LogP contribution in [0, 0.1) is 6.92 Å². The van der Waals surface area contributed by atoms with Crippen LogP contribution < -0.4 is 4.74 Å². The predicted octanol–water partition coefficient (Wildman–Crippen LogP) is 3.56. The van der Waals surface area contributed by atoms with E-state index in [2.05, 4.69) is 10.3 Å². The van der Waals surface area contributed by atoms with Gasteiger partial charge in [-0.1, -0.05) is 47.2 Å². The SMILES string of the molecule is COc1ccccc1-c1cn(C(C)C(O)c2ccc(C)cc2)nn1. The number of benzene rings is 2. The molecule has 1 N–H and O–H groups in total. The second-order valence-corrected chi connectivity index (χ2v) is 5.88. The van der Waals surface area contributed by atoms with Crippen LogP contribution in [0.15, 0.2) is 54.7 Å². The summed E-state index contributed by atoms with van der Waals surface area (Å²) in [6, 6.07) is 15.3. The molecule has 1 aromatic heterocycles. The van der Waals surface area contributed by atoms with Crippen molar-refractivity contribution in [2.75, 3.05) is 7.11 Å². The van der Waals surface area contributed by atoms with Crippen LogP contribution in [0.4, 0.5) is 0 Å². The molecule has 0 fully saturated rings. The molecule has 0 aliphatic carbocycles. The van der Waals surface area contributed by atoms with Gasteiger partial charge in [-0.25, -0.2) is 4.68 Å². The smallest absolute Gasteiger partial charge is 0.128 e. The first-order valence-electron chi connectivity index (χ1n) is 7.90. The molecule has 0 amide bonds. The average molecular weight is 323 g/mol. The maximum atomic E-state index is 10.6. The number of ether oxygens (including phenoxy) is 1. The van der Waals surface area contributed by atoms with E-state index in [1.807, 2.05) is 68.6 Å². The van der Waals surface area contributed by atoms with Crippen molar-refractivity contribution in [1.82, 2.24) is 15.0 Å². The summed E-state index contributed by atoms with van der Waals surface area (Å²) in [4.78, 5) is 0. The third kappa shape index (κ3) is 3.16. The van der Waals surface area contributed by atoms with Crippen molar-refractivity contribution in [3.05, 3.63) is 65.9 Å². The van der Waals surface area contributed by atoms with E-state index in [4.69, 9.17) is 4.74 Å². The number of hydrogen-bond acceptors (Lipinski definition) is 4. The minimum absolute atomic E-state index is 0.233. The van der Waals surface area contributed by atoms with E-state index >= 15 is 0 Å². The Hall–Kier alpha value is -2.66. The van der Waals surface area contributed by atoms with Gasteiger partial charge in [0.1, 0.15) is 17.5 Å². The molecule has 3 aromatic rings. The number of hydrogen-bond donors (Lipinski definition) is 1. The van der Waals surface area contributed by atoms with Gasteiger partial charge in [-0.2, -0.15) is 0 Å². The van der Waals surface area contributed by atoms with Gasteiger partial charge in [-0.15, -0.1) is 5.10 Å². The van der Waals surface area contributed by atoms with Gasteiger partial charge in [0.15, 0.2) is 0 Å². The standard InChI is InChI=1S/C19H21N3O2/c1-13-8-10-15(11-9-13)19(23)14(2)22-12-17(20-21-22)16-6-4-5-7-18(16)24-3/h4-12,14,19,23H,1-3H3. The van der Waals surface area contributed by atoms with Crippen LogP contribution in [0.1, 0.15) is 30.2 Å². The lowest BCUT2D eigenvalue weighted by Crippen LogP contribution is -2.15. The summed E-state index contributed by atoms with van der Waals surface area (Å²) in [5.41, 5.74) is 3.62. The Balaban J connectivity index is 1.85. The highest BCUT2D eigenvalue weighted by Crippen LogP contribution is 2.30. The molecule has 24 heavy (non-hydrogen) atoms. The van der Waals surface area contributed by atoms with Crippen molar-refractivity contribution in [3.8, 4) is 17.0 Å². The Kier molecular flexibility index (Phi) is 4.62. The molecular weight excluding hydrogens is 302 g/mol. The Morgan fingerprint density at radius 2 is 1.79 bits per heavy atom. The first kappa shape index (κ1) is 16.2. The number of aliphatic hydroxyl groups is 1. The predicted molar refractivity (Wildman–Crippen MR) is 92.9 cm³/mol. The van der Waals surface area contributed by atoms with Crippen LogP contribution in [0.5, 0.6) is 5.75 Å². The average Bonchev–Trinajstić information content (AvgIpc) is 3.11. The fourth-order valence-electron chi connectivity index (χ4n) is 2.64. The van der Waals surface area contributed by atoms with E-state index in [-0.39, 0.29) is 6.04 Å². The maximum absolute atomic E-state index is 10.6. The van der Waals surface area contributed by atoms with E-state index in [0.717, 1.165) is 28.1 Å². The van der Waals surface area contributed by atoms with Crippen molar-refractivity contribution in [1.29, 1.82) is 0 Å². The number of nitrogens with zero attached hydrogens (tertiary/aromatic N) is 3. The van der Waals surface area contributed by atoms with Crippen LogP contribution >= 0.6 is 0 Å². The zero-order valence-electron chi connectivity index (χ0n) is 14.0. The third-order valence-corrected chi connectivity index (χ3v) is 4.19. The fraction of sp³-hybridized carbons (Fsp3) is 0.263. The normalized spacial score (nSPS) is 13.5. The highest BCUT2D eigenvalue weighted by Gasteiger charge is 2.20. The number of rotatable bonds is 5. The lowest BCUT2D eigenvalue weighted by atomic mass is 10.0. The first-order valence-corrected chi connectivity index (χ1v) is 7.90. The minimum Gasteiger partial charge on any atom is -0.496 e. The zero-order valence-corrected chi connectivity index (χ0v) is 14.0. The van der Waals surface area contributed by atoms with Crippen molar-refractivity contribution in [2.45, 2.75) is 26.0 Å². The zero-order chi connectivity index (χ0) is 17.1. The molecule has 1 heterocycles. The number of methoxy groups -OCH3 is 1. The Morgan fingerprint density at radius 3 is 2.50 bits per heavy atom. The molecule has 2 unspecified atom stereocenters. The number of para-hydroxylation sites is 1. The van der Waals surface area contributed by atoms with Crippen molar-refractivity contribution < 1.29 is 9.84 Å². The van der Waals surface area contributed by atoms with Gasteiger partial charge in [0.05, 0.1) is 19.3 Å². The van der Waals surface area contributed by atoms with Crippen molar-refractivity contribution >= 4 is 0 Å². The molecule has 3 rings (SSSR count). The fourth-order valence-corrected chi connectivity index (χ4v) is 2.64. The molecule has 2 aromatic carbocycles. The Bertz CT molecular complexity index is 811. The van der Waals surface area contributed by atoms with Crippen LogP contribution in [0.25, 0.3) is 11.3 Å². The molecule has 0 aliphatic heterocycles. The molecule has 124 valence electrons. The summed E-state index contributed by atoms with van der Waals surface area (Å²) in [7, 11) is 1.63. The van der Waals surface area contributed by atoms with Gasteiger partial charge in [0.25, 0.3) is 0 Å². The lowest BCUT2D eigenvalue weighted by molar-refractivity contribution is 0.114. The highest BCUT2D eigenvalue weighted by molar-refractivity contribution is 5.66. The number of aromatic nitrogens is 3. The number of aryl methyl sites for hydroxylation is 1. The second kappa shape index (κ2) is 6.84. The summed E-state index contributed by atoms with van der Waals surface area (Å²) in [5.74, 6) is 0.747. The highest BCUT2D eigenvalue weighted by atomic mass is 16.5. The van der Waals surface area contributed by atoms with Gasteiger partial charge in [0.2, 0.25) is 0 Å². The van der Waals surface area contributed by atoms with Crippen LogP contribution in [-0.4, -0.2) is 27.2 Å². The maximum Gasteiger partial charge on any atom is 0.128 e. The first-order chi connectivity index (χ1) is 11.6. The Morgan fingerprint density at radius 1 is 1.08 bits per heavy atom. The van der Waals surface area contributed by atoms with Gasteiger partial charge in [0, 0.05) is 5.56 Å². The molecule has 0 saturated heterocycles. The number of aliphatic hydroxyl groups excluding tert-OH is 1. The van der Waals surface area contributed by atoms with Crippen molar-refractivity contribution in [2.24, 2.45) is 0 Å². The summed E-state index contributed by atoms with van der Waals surface area (Å²) in [6.45, 7) is 3.95. The second-order valence-electron chi connectivity index (χ2n) is 5.88. The van der Waals surface area contributed by atoms with Gasteiger partial charge in [-0.05, 0) is 31.5 Å². The third-order valence-electron chi connectivity index (χ3n) is 4.19. The molecule has 0 spiro atoms. The molecule has 0 radical (unpaired) electrons. The largest absolute Gasteiger partial charge is 0.496 e. The molecule has 0 bridgehead atoms. The quantitative estimate of drug-likeness (QED) is 0.780.